The van der Waals surface area contributed by atoms with Crippen molar-refractivity contribution in [3.63, 3.8) is 0 Å². The summed E-state index contributed by atoms with van der Waals surface area (Å²) in [5.74, 6) is -1.59. The number of anilines is 2. The van der Waals surface area contributed by atoms with Crippen LogP contribution < -0.4 is 10.6 Å². The largest absolute Gasteiger partial charge is 0.466 e. The topological polar surface area (TPSA) is 93.7 Å². The number of carbonyl (C=O) groups is 3. The average molecular weight is 355 g/mol. The number of nitrogens with one attached hydrogen (secondary N) is 2. The SMILES string of the molecule is CCCC(=O)Nc1ccc(N/C(=C/C(=O)OC)C(=O)OC)cc1Cl. The fraction of sp³-hybridized carbons (Fsp3) is 0.312. The van der Waals surface area contributed by atoms with Crippen LogP contribution in [0.4, 0.5) is 11.4 Å². The number of hydrogen-bond donors (Lipinski definition) is 2. The zero-order valence-electron chi connectivity index (χ0n) is 13.6. The first kappa shape index (κ1) is 19.5. The average Bonchev–Trinajstić information content (AvgIpc) is 2.56. The summed E-state index contributed by atoms with van der Waals surface area (Å²) in [4.78, 5) is 34.6. The standard InChI is InChI=1S/C16H19ClN2O5/c1-4-5-14(20)19-12-7-6-10(8-11(12)17)18-13(16(22)24-3)9-15(21)23-2/h6-9,18H,4-5H2,1-3H3,(H,19,20)/b13-9+. The maximum atomic E-state index is 11.7. The summed E-state index contributed by atoms with van der Waals surface area (Å²) in [6.45, 7) is 1.90. The molecule has 0 atom stereocenters. The molecule has 0 aliphatic rings. The van der Waals surface area contributed by atoms with Crippen molar-refractivity contribution in [3.8, 4) is 0 Å². The number of hydrogen-bond acceptors (Lipinski definition) is 6. The molecule has 1 aromatic carbocycles. The van der Waals surface area contributed by atoms with E-state index in [4.69, 9.17) is 11.6 Å². The Morgan fingerprint density at radius 3 is 2.42 bits per heavy atom. The molecule has 2 N–H and O–H groups in total. The summed E-state index contributed by atoms with van der Waals surface area (Å²) in [6.07, 6.45) is 2.09. The summed E-state index contributed by atoms with van der Waals surface area (Å²) < 4.78 is 9.08. The Kier molecular flexibility index (Phi) is 7.77. The van der Waals surface area contributed by atoms with Crippen molar-refractivity contribution >= 4 is 40.8 Å². The smallest absolute Gasteiger partial charge is 0.354 e. The van der Waals surface area contributed by atoms with E-state index in [0.717, 1.165) is 12.5 Å². The van der Waals surface area contributed by atoms with Crippen molar-refractivity contribution in [1.29, 1.82) is 0 Å². The molecule has 8 heteroatoms. The number of amides is 1. The van der Waals surface area contributed by atoms with Gasteiger partial charge in [-0.2, -0.15) is 0 Å². The second-order valence-electron chi connectivity index (χ2n) is 4.69. The molecular formula is C16H19ClN2O5. The van der Waals surface area contributed by atoms with Crippen LogP contribution in [0, 0.1) is 0 Å². The summed E-state index contributed by atoms with van der Waals surface area (Å²) in [7, 11) is 2.38. The highest BCUT2D eigenvalue weighted by Gasteiger charge is 2.14. The third-order valence-electron chi connectivity index (χ3n) is 2.87. The first-order valence-electron chi connectivity index (χ1n) is 7.15. The number of rotatable bonds is 7. The van der Waals surface area contributed by atoms with Gasteiger partial charge in [-0.3, -0.25) is 4.79 Å². The molecule has 0 heterocycles. The Morgan fingerprint density at radius 1 is 1.17 bits per heavy atom. The number of halogens is 1. The molecule has 0 unspecified atom stereocenters. The van der Waals surface area contributed by atoms with Crippen LogP contribution in [0.1, 0.15) is 19.8 Å². The molecule has 0 aliphatic carbocycles. The molecule has 0 spiro atoms. The number of methoxy groups -OCH3 is 2. The van der Waals surface area contributed by atoms with Crippen molar-refractivity contribution in [3.05, 3.63) is 35.0 Å². The van der Waals surface area contributed by atoms with Gasteiger partial charge in [0.05, 0.1) is 31.0 Å². The first-order chi connectivity index (χ1) is 11.4. The lowest BCUT2D eigenvalue weighted by atomic mass is 10.2. The minimum atomic E-state index is -0.739. The molecular weight excluding hydrogens is 336 g/mol. The molecule has 0 saturated carbocycles. The molecule has 0 saturated heterocycles. The molecule has 0 aromatic heterocycles. The predicted molar refractivity (Wildman–Crippen MR) is 90.7 cm³/mol. The van der Waals surface area contributed by atoms with Gasteiger partial charge < -0.3 is 20.1 Å². The number of esters is 2. The Labute approximate surface area is 145 Å². The highest BCUT2D eigenvalue weighted by atomic mass is 35.5. The number of carbonyl (C=O) groups excluding carboxylic acids is 3. The molecule has 130 valence electrons. The fourth-order valence-corrected chi connectivity index (χ4v) is 1.95. The molecule has 1 aromatic rings. The van der Waals surface area contributed by atoms with Gasteiger partial charge in [0.25, 0.3) is 0 Å². The van der Waals surface area contributed by atoms with Crippen LogP contribution in [0.5, 0.6) is 0 Å². The number of ether oxygens (including phenoxy) is 2. The summed E-state index contributed by atoms with van der Waals surface area (Å²) in [6, 6.07) is 4.70. The molecule has 0 radical (unpaired) electrons. The van der Waals surface area contributed by atoms with Crippen molar-refractivity contribution in [2.75, 3.05) is 24.9 Å². The third kappa shape index (κ3) is 5.92. The van der Waals surface area contributed by atoms with E-state index >= 15 is 0 Å². The highest BCUT2D eigenvalue weighted by Crippen LogP contribution is 2.26. The van der Waals surface area contributed by atoms with E-state index in [1.807, 2.05) is 6.92 Å². The summed E-state index contributed by atoms with van der Waals surface area (Å²) in [5.41, 5.74) is 0.787. The lowest BCUT2D eigenvalue weighted by Crippen LogP contribution is -2.15. The van der Waals surface area contributed by atoms with Crippen LogP contribution in [-0.2, 0) is 23.9 Å². The van der Waals surface area contributed by atoms with E-state index in [9.17, 15) is 14.4 Å². The molecule has 1 rings (SSSR count). The van der Waals surface area contributed by atoms with Gasteiger partial charge in [0.2, 0.25) is 5.91 Å². The van der Waals surface area contributed by atoms with Crippen LogP contribution in [0.2, 0.25) is 5.02 Å². The zero-order chi connectivity index (χ0) is 18.1. The maximum absolute atomic E-state index is 11.7. The molecule has 7 nitrogen and oxygen atoms in total. The van der Waals surface area contributed by atoms with Gasteiger partial charge in [-0.15, -0.1) is 0 Å². The second kappa shape index (κ2) is 9.57. The van der Waals surface area contributed by atoms with E-state index in [2.05, 4.69) is 20.1 Å². The Balaban J connectivity index is 2.95. The van der Waals surface area contributed by atoms with E-state index in [1.54, 1.807) is 12.1 Å². The van der Waals surface area contributed by atoms with E-state index < -0.39 is 11.9 Å². The zero-order valence-corrected chi connectivity index (χ0v) is 14.4. The number of benzene rings is 1. The van der Waals surface area contributed by atoms with Crippen molar-refractivity contribution < 1.29 is 23.9 Å². The van der Waals surface area contributed by atoms with E-state index in [1.165, 1.54) is 20.3 Å². The Morgan fingerprint density at radius 2 is 1.88 bits per heavy atom. The first-order valence-corrected chi connectivity index (χ1v) is 7.53. The van der Waals surface area contributed by atoms with Crippen molar-refractivity contribution in [2.45, 2.75) is 19.8 Å². The Hall–Kier alpha value is -2.54. The van der Waals surface area contributed by atoms with Gasteiger partial charge in [-0.1, -0.05) is 18.5 Å². The normalized spacial score (nSPS) is 10.8. The second-order valence-corrected chi connectivity index (χ2v) is 5.10. The quantitative estimate of drug-likeness (QED) is 0.577. The lowest BCUT2D eigenvalue weighted by molar-refractivity contribution is -0.138. The van der Waals surface area contributed by atoms with Crippen molar-refractivity contribution in [1.82, 2.24) is 0 Å². The van der Waals surface area contributed by atoms with Crippen molar-refractivity contribution in [2.24, 2.45) is 0 Å². The maximum Gasteiger partial charge on any atom is 0.354 e. The predicted octanol–water partition coefficient (Wildman–Crippen LogP) is 2.72. The van der Waals surface area contributed by atoms with Crippen LogP contribution in [0.15, 0.2) is 30.0 Å². The minimum absolute atomic E-state index is 0.108. The summed E-state index contributed by atoms with van der Waals surface area (Å²) >= 11 is 6.12. The fourth-order valence-electron chi connectivity index (χ4n) is 1.72. The van der Waals surface area contributed by atoms with Gasteiger partial charge in [-0.25, -0.2) is 9.59 Å². The van der Waals surface area contributed by atoms with E-state index in [-0.39, 0.29) is 16.6 Å². The van der Waals surface area contributed by atoms with Gasteiger partial charge in [0, 0.05) is 12.1 Å². The molecule has 24 heavy (non-hydrogen) atoms. The highest BCUT2D eigenvalue weighted by molar-refractivity contribution is 6.34. The Bertz CT molecular complexity index is 658. The van der Waals surface area contributed by atoms with Crippen LogP contribution in [0.25, 0.3) is 0 Å². The van der Waals surface area contributed by atoms with Gasteiger partial charge in [-0.05, 0) is 24.6 Å². The third-order valence-corrected chi connectivity index (χ3v) is 3.18. The lowest BCUT2D eigenvalue weighted by Gasteiger charge is -2.12. The minimum Gasteiger partial charge on any atom is -0.466 e. The van der Waals surface area contributed by atoms with Gasteiger partial charge in [0.15, 0.2) is 0 Å². The van der Waals surface area contributed by atoms with Crippen LogP contribution in [-0.4, -0.2) is 32.1 Å². The van der Waals surface area contributed by atoms with Crippen LogP contribution in [0.3, 0.4) is 0 Å². The van der Waals surface area contributed by atoms with Gasteiger partial charge in [0.1, 0.15) is 5.70 Å². The van der Waals surface area contributed by atoms with E-state index in [0.29, 0.717) is 17.8 Å². The molecule has 0 aliphatic heterocycles. The summed E-state index contributed by atoms with van der Waals surface area (Å²) in [5, 5.41) is 5.70. The molecule has 1 amide bonds. The monoisotopic (exact) mass is 354 g/mol. The van der Waals surface area contributed by atoms with Crippen LogP contribution >= 0.6 is 11.6 Å². The molecule has 0 bridgehead atoms. The molecule has 0 fully saturated rings. The van der Waals surface area contributed by atoms with Gasteiger partial charge >= 0.3 is 11.9 Å².